The quantitative estimate of drug-likeness (QED) is 0.921. The first-order chi connectivity index (χ1) is 9.16. The van der Waals surface area contributed by atoms with Gasteiger partial charge in [-0.2, -0.15) is 0 Å². The van der Waals surface area contributed by atoms with E-state index in [1.54, 1.807) is 6.07 Å². The lowest BCUT2D eigenvalue weighted by Crippen LogP contribution is -2.17. The minimum absolute atomic E-state index is 0.0368. The molecule has 19 heavy (non-hydrogen) atoms. The fourth-order valence-electron chi connectivity index (χ4n) is 2.74. The molecule has 1 aromatic rings. The molecule has 0 amide bonds. The molecule has 1 atom stereocenters. The van der Waals surface area contributed by atoms with Gasteiger partial charge in [-0.25, -0.2) is 0 Å². The Morgan fingerprint density at radius 2 is 2.26 bits per heavy atom. The van der Waals surface area contributed by atoms with Crippen LogP contribution >= 0.6 is 11.6 Å². The summed E-state index contributed by atoms with van der Waals surface area (Å²) in [6.45, 7) is 0.676. The van der Waals surface area contributed by atoms with Crippen LogP contribution in [0.4, 0.5) is 0 Å². The van der Waals surface area contributed by atoms with Crippen LogP contribution < -0.4 is 4.74 Å². The summed E-state index contributed by atoms with van der Waals surface area (Å²) in [5.41, 5.74) is 1.82. The normalized spacial score (nSPS) is 19.4. The number of halogens is 1. The highest BCUT2D eigenvalue weighted by atomic mass is 35.5. The average Bonchev–Trinajstić information content (AvgIpc) is 3.20. The molecule has 0 radical (unpaired) electrons. The molecule has 5 heteroatoms. The molecule has 1 aromatic carbocycles. The highest BCUT2D eigenvalue weighted by Crippen LogP contribution is 2.49. The van der Waals surface area contributed by atoms with Crippen molar-refractivity contribution in [2.75, 3.05) is 6.79 Å². The van der Waals surface area contributed by atoms with Crippen LogP contribution in [-0.4, -0.2) is 17.9 Å². The Bertz CT molecular complexity index is 510. The number of carbonyl (C=O) groups is 1. The van der Waals surface area contributed by atoms with Crippen LogP contribution in [0, 0.1) is 5.92 Å². The van der Waals surface area contributed by atoms with Crippen molar-refractivity contribution in [2.24, 2.45) is 5.92 Å². The third-order valence-electron chi connectivity index (χ3n) is 3.76. The molecular formula is C14H15ClO4. The second kappa shape index (κ2) is 5.02. The molecule has 1 heterocycles. The molecule has 1 saturated carbocycles. The van der Waals surface area contributed by atoms with Crippen LogP contribution in [0.2, 0.25) is 5.02 Å². The standard InChI is InChI=1S/C14H15ClO4/c15-11-3-4-12-10(6-18-7-19-12)14(11)9(5-13(16)17)8-1-2-8/h3-4,8-9H,1-2,5-7H2,(H,16,17). The maximum atomic E-state index is 11.1. The average molecular weight is 283 g/mol. The maximum Gasteiger partial charge on any atom is 0.303 e. The fourth-order valence-corrected chi connectivity index (χ4v) is 3.06. The molecule has 3 rings (SSSR count). The summed E-state index contributed by atoms with van der Waals surface area (Å²) < 4.78 is 10.8. The van der Waals surface area contributed by atoms with Crippen molar-refractivity contribution in [3.8, 4) is 5.75 Å². The summed E-state index contributed by atoms with van der Waals surface area (Å²) in [6, 6.07) is 3.62. The Morgan fingerprint density at radius 3 is 2.95 bits per heavy atom. The van der Waals surface area contributed by atoms with Gasteiger partial charge in [-0.3, -0.25) is 4.79 Å². The predicted molar refractivity (Wildman–Crippen MR) is 69.5 cm³/mol. The van der Waals surface area contributed by atoms with E-state index in [-0.39, 0.29) is 19.1 Å². The number of hydrogen-bond acceptors (Lipinski definition) is 3. The van der Waals surface area contributed by atoms with E-state index in [4.69, 9.17) is 26.2 Å². The van der Waals surface area contributed by atoms with Gasteiger partial charge in [0.25, 0.3) is 0 Å². The lowest BCUT2D eigenvalue weighted by molar-refractivity contribution is -0.137. The summed E-state index contributed by atoms with van der Waals surface area (Å²) in [6.07, 6.45) is 2.25. The van der Waals surface area contributed by atoms with Crippen LogP contribution in [0.1, 0.15) is 36.3 Å². The summed E-state index contributed by atoms with van der Waals surface area (Å²) in [7, 11) is 0. The van der Waals surface area contributed by atoms with Gasteiger partial charge in [-0.05, 0) is 42.4 Å². The molecule has 1 aliphatic heterocycles. The molecule has 0 bridgehead atoms. The second-order valence-corrected chi connectivity index (χ2v) is 5.50. The van der Waals surface area contributed by atoms with Crippen LogP contribution in [0.25, 0.3) is 0 Å². The Morgan fingerprint density at radius 1 is 1.47 bits per heavy atom. The number of aliphatic carboxylic acids is 1. The van der Waals surface area contributed by atoms with Gasteiger partial charge < -0.3 is 14.6 Å². The van der Waals surface area contributed by atoms with E-state index >= 15 is 0 Å². The Labute approximate surface area is 116 Å². The topological polar surface area (TPSA) is 55.8 Å². The number of ether oxygens (including phenoxy) is 2. The lowest BCUT2D eigenvalue weighted by Gasteiger charge is -2.25. The van der Waals surface area contributed by atoms with E-state index < -0.39 is 5.97 Å². The van der Waals surface area contributed by atoms with Gasteiger partial charge >= 0.3 is 5.97 Å². The first kappa shape index (κ1) is 12.8. The van der Waals surface area contributed by atoms with Crippen LogP contribution in [0.5, 0.6) is 5.75 Å². The fraction of sp³-hybridized carbons (Fsp3) is 0.500. The van der Waals surface area contributed by atoms with Gasteiger partial charge in [0.1, 0.15) is 5.75 Å². The van der Waals surface area contributed by atoms with Gasteiger partial charge in [-0.1, -0.05) is 11.6 Å². The number of carboxylic acids is 1. The summed E-state index contributed by atoms with van der Waals surface area (Å²) in [5.74, 6) is 0.359. The Balaban J connectivity index is 2.03. The molecule has 102 valence electrons. The summed E-state index contributed by atoms with van der Waals surface area (Å²) in [5, 5.41) is 9.73. The van der Waals surface area contributed by atoms with Crippen molar-refractivity contribution >= 4 is 17.6 Å². The van der Waals surface area contributed by atoms with Crippen molar-refractivity contribution in [3.05, 3.63) is 28.3 Å². The zero-order valence-corrected chi connectivity index (χ0v) is 11.2. The van der Waals surface area contributed by atoms with Gasteiger partial charge in [0.2, 0.25) is 0 Å². The van der Waals surface area contributed by atoms with Crippen molar-refractivity contribution in [3.63, 3.8) is 0 Å². The first-order valence-electron chi connectivity index (χ1n) is 6.40. The SMILES string of the molecule is O=C(O)CC(c1c(Cl)ccc2c1COCO2)C1CC1. The van der Waals surface area contributed by atoms with Gasteiger partial charge in [0.15, 0.2) is 6.79 Å². The van der Waals surface area contributed by atoms with Crippen molar-refractivity contribution in [1.82, 2.24) is 0 Å². The molecule has 0 saturated heterocycles. The number of fused-ring (bicyclic) bond motifs is 1. The number of rotatable bonds is 4. The van der Waals surface area contributed by atoms with Gasteiger partial charge in [0.05, 0.1) is 13.0 Å². The van der Waals surface area contributed by atoms with E-state index in [9.17, 15) is 4.79 Å². The molecule has 4 nitrogen and oxygen atoms in total. The molecule has 1 N–H and O–H groups in total. The third-order valence-corrected chi connectivity index (χ3v) is 4.09. The molecule has 1 aliphatic carbocycles. The van der Waals surface area contributed by atoms with E-state index in [0.29, 0.717) is 17.5 Å². The second-order valence-electron chi connectivity index (χ2n) is 5.09. The van der Waals surface area contributed by atoms with E-state index in [1.165, 1.54) is 0 Å². The van der Waals surface area contributed by atoms with Crippen LogP contribution in [-0.2, 0) is 16.1 Å². The number of benzene rings is 1. The summed E-state index contributed by atoms with van der Waals surface area (Å²) >= 11 is 6.31. The first-order valence-corrected chi connectivity index (χ1v) is 6.78. The number of carboxylic acid groups (broad SMARTS) is 1. The number of hydrogen-bond donors (Lipinski definition) is 1. The van der Waals surface area contributed by atoms with Crippen molar-refractivity contribution in [2.45, 2.75) is 31.8 Å². The zero-order valence-electron chi connectivity index (χ0n) is 10.4. The predicted octanol–water partition coefficient (Wildman–Crippen LogP) is 3.17. The van der Waals surface area contributed by atoms with Crippen LogP contribution in [0.15, 0.2) is 12.1 Å². The molecule has 0 spiro atoms. The minimum Gasteiger partial charge on any atom is -0.481 e. The highest BCUT2D eigenvalue weighted by molar-refractivity contribution is 6.31. The van der Waals surface area contributed by atoms with E-state index in [1.807, 2.05) is 6.07 Å². The smallest absolute Gasteiger partial charge is 0.303 e. The van der Waals surface area contributed by atoms with E-state index in [2.05, 4.69) is 0 Å². The molecule has 2 aliphatic rings. The molecular weight excluding hydrogens is 268 g/mol. The largest absolute Gasteiger partial charge is 0.481 e. The maximum absolute atomic E-state index is 11.1. The highest BCUT2D eigenvalue weighted by Gasteiger charge is 2.37. The Hall–Kier alpha value is -1.26. The third kappa shape index (κ3) is 2.55. The van der Waals surface area contributed by atoms with Crippen LogP contribution in [0.3, 0.4) is 0 Å². The van der Waals surface area contributed by atoms with Crippen molar-refractivity contribution < 1.29 is 19.4 Å². The Kier molecular flexibility index (Phi) is 3.37. The van der Waals surface area contributed by atoms with Gasteiger partial charge in [-0.15, -0.1) is 0 Å². The monoisotopic (exact) mass is 282 g/mol. The molecule has 0 aromatic heterocycles. The van der Waals surface area contributed by atoms with E-state index in [0.717, 1.165) is 29.7 Å². The van der Waals surface area contributed by atoms with Crippen molar-refractivity contribution in [1.29, 1.82) is 0 Å². The molecule has 1 fully saturated rings. The molecule has 1 unspecified atom stereocenters. The zero-order chi connectivity index (χ0) is 13.4. The minimum atomic E-state index is -0.789. The summed E-state index contributed by atoms with van der Waals surface area (Å²) in [4.78, 5) is 11.1. The van der Waals surface area contributed by atoms with Gasteiger partial charge in [0, 0.05) is 10.6 Å². The lowest BCUT2D eigenvalue weighted by atomic mass is 9.87.